The highest BCUT2D eigenvalue weighted by Gasteiger charge is 2.37. The third kappa shape index (κ3) is 2.93. The van der Waals surface area contributed by atoms with E-state index in [1.54, 1.807) is 0 Å². The number of H-pyrrole nitrogens is 1. The Morgan fingerprint density at radius 3 is 2.52 bits per heavy atom. The number of halogens is 1. The topological polar surface area (TPSA) is 96.3 Å². The van der Waals surface area contributed by atoms with E-state index in [-0.39, 0.29) is 22.6 Å². The van der Waals surface area contributed by atoms with Crippen molar-refractivity contribution < 1.29 is 18.8 Å². The molecule has 0 atom stereocenters. The predicted molar refractivity (Wildman–Crippen MR) is 90.0 cm³/mol. The van der Waals surface area contributed by atoms with Gasteiger partial charge in [-0.05, 0) is 24.0 Å². The molecule has 1 aromatic heterocycles. The molecule has 0 unspecified atom stereocenters. The van der Waals surface area contributed by atoms with Crippen LogP contribution in [0.5, 0.6) is 0 Å². The van der Waals surface area contributed by atoms with E-state index in [9.17, 15) is 18.8 Å². The fourth-order valence-corrected chi connectivity index (χ4v) is 3.24. The van der Waals surface area contributed by atoms with Crippen molar-refractivity contribution in [1.29, 1.82) is 0 Å². The molecule has 2 aromatic rings. The number of nitrogens with one attached hydrogen (secondary N) is 1. The monoisotopic (exact) mass is 343 g/mol. The molecule has 1 aliphatic rings. The Balaban J connectivity index is 2.19. The molecule has 3 rings (SSSR count). The number of primary amides is 1. The number of carbonyl (C=O) groups is 3. The van der Waals surface area contributed by atoms with E-state index in [2.05, 4.69) is 4.98 Å². The predicted octanol–water partition coefficient (Wildman–Crippen LogP) is 2.46. The van der Waals surface area contributed by atoms with Crippen LogP contribution in [-0.2, 0) is 16.0 Å². The number of fused-ring (bicyclic) bond motifs is 1. The summed E-state index contributed by atoms with van der Waals surface area (Å²) in [4.78, 5) is 40.3. The Labute approximate surface area is 143 Å². The molecule has 3 N–H and O–H groups in total. The van der Waals surface area contributed by atoms with Crippen molar-refractivity contribution in [1.82, 2.24) is 4.98 Å². The number of nitrogens with zero attached hydrogens (tertiary/aromatic N) is 1. The molecule has 0 saturated heterocycles. The second-order valence-electron chi connectivity index (χ2n) is 6.92. The van der Waals surface area contributed by atoms with Gasteiger partial charge in [-0.1, -0.05) is 26.0 Å². The van der Waals surface area contributed by atoms with Crippen LogP contribution in [0, 0.1) is 11.2 Å². The maximum Gasteiger partial charge on any atom is 0.320 e. The lowest BCUT2D eigenvalue weighted by Crippen LogP contribution is -2.38. The van der Waals surface area contributed by atoms with E-state index in [1.807, 2.05) is 13.8 Å². The Hall–Kier alpha value is -2.96. The number of ketones is 1. The maximum atomic E-state index is 14.3. The first-order chi connectivity index (χ1) is 11.7. The summed E-state index contributed by atoms with van der Waals surface area (Å²) in [7, 11) is 0. The van der Waals surface area contributed by atoms with Crippen molar-refractivity contribution in [2.75, 3.05) is 4.90 Å². The molecule has 0 spiro atoms. The summed E-state index contributed by atoms with van der Waals surface area (Å²) in [5, 5.41) is 0. The summed E-state index contributed by atoms with van der Waals surface area (Å²) in [6.45, 7) is 3.94. The first kappa shape index (κ1) is 16.9. The van der Waals surface area contributed by atoms with E-state index >= 15 is 0 Å². The molecule has 1 aromatic carbocycles. The first-order valence-electron chi connectivity index (χ1n) is 7.83. The molecule has 0 fully saturated rings. The quantitative estimate of drug-likeness (QED) is 0.820. The second-order valence-corrected chi connectivity index (χ2v) is 6.92. The number of para-hydroxylation sites is 1. The molecule has 0 bridgehead atoms. The van der Waals surface area contributed by atoms with Gasteiger partial charge in [0.25, 0.3) is 0 Å². The van der Waals surface area contributed by atoms with E-state index in [0.29, 0.717) is 24.1 Å². The smallest absolute Gasteiger partial charge is 0.320 e. The highest BCUT2D eigenvalue weighted by atomic mass is 19.1. The minimum Gasteiger partial charge on any atom is -0.362 e. The number of Topliss-reactive ketones (excluding diaryl/α,β-unsaturated/α-hetero) is 1. The van der Waals surface area contributed by atoms with Gasteiger partial charge in [0.05, 0.1) is 16.9 Å². The molecule has 25 heavy (non-hydrogen) atoms. The highest BCUT2D eigenvalue weighted by Crippen LogP contribution is 2.40. The average molecular weight is 343 g/mol. The van der Waals surface area contributed by atoms with Gasteiger partial charge in [-0.25, -0.2) is 4.39 Å². The molecule has 0 radical (unpaired) electrons. The zero-order valence-electron chi connectivity index (χ0n) is 13.9. The van der Waals surface area contributed by atoms with Crippen LogP contribution in [0.4, 0.5) is 15.8 Å². The Morgan fingerprint density at radius 1 is 1.20 bits per heavy atom. The molecule has 6 nitrogen and oxygen atoms in total. The summed E-state index contributed by atoms with van der Waals surface area (Å²) < 4.78 is 14.3. The molecule has 2 amide bonds. The van der Waals surface area contributed by atoms with Gasteiger partial charge in [-0.2, -0.15) is 0 Å². The van der Waals surface area contributed by atoms with E-state index in [0.717, 1.165) is 4.90 Å². The van der Waals surface area contributed by atoms with Crippen molar-refractivity contribution in [2.45, 2.75) is 26.7 Å². The molecule has 130 valence electrons. The summed E-state index contributed by atoms with van der Waals surface area (Å²) in [6.07, 6.45) is 2.34. The van der Waals surface area contributed by atoms with Crippen molar-refractivity contribution in [3.63, 3.8) is 0 Å². The van der Waals surface area contributed by atoms with Gasteiger partial charge in [0.1, 0.15) is 5.82 Å². The summed E-state index contributed by atoms with van der Waals surface area (Å²) >= 11 is 0. The number of hydrogen-bond acceptors (Lipinski definition) is 3. The molecule has 0 saturated carbocycles. The minimum absolute atomic E-state index is 0.134. The molecule has 1 heterocycles. The van der Waals surface area contributed by atoms with Crippen molar-refractivity contribution in [2.24, 2.45) is 11.1 Å². The number of rotatable bonds is 2. The third-order valence-corrected chi connectivity index (χ3v) is 4.26. The lowest BCUT2D eigenvalue weighted by molar-refractivity contribution is -0.135. The number of aromatic amines is 1. The van der Waals surface area contributed by atoms with Gasteiger partial charge in [0, 0.05) is 18.3 Å². The lowest BCUT2D eigenvalue weighted by Gasteiger charge is -2.30. The van der Waals surface area contributed by atoms with Crippen LogP contribution in [0.3, 0.4) is 0 Å². The molecule has 0 aliphatic heterocycles. The number of hydrogen-bond donors (Lipinski definition) is 2. The number of amides is 2. The van der Waals surface area contributed by atoms with E-state index in [4.69, 9.17) is 5.73 Å². The average Bonchev–Trinajstić information content (AvgIpc) is 2.91. The molecule has 7 heteroatoms. The summed E-state index contributed by atoms with van der Waals surface area (Å²) in [5.74, 6) is -3.21. The normalized spacial score (nSPS) is 15.6. The molecule has 1 aliphatic carbocycles. The van der Waals surface area contributed by atoms with Gasteiger partial charge < -0.3 is 10.7 Å². The number of carbonyl (C=O) groups excluding carboxylic acids is 3. The fourth-order valence-electron chi connectivity index (χ4n) is 3.24. The second kappa shape index (κ2) is 5.84. The summed E-state index contributed by atoms with van der Waals surface area (Å²) in [6, 6.07) is 5.52. The van der Waals surface area contributed by atoms with Gasteiger partial charge in [-0.15, -0.1) is 0 Å². The van der Waals surface area contributed by atoms with Crippen LogP contribution < -0.4 is 10.6 Å². The first-order valence-corrected chi connectivity index (χ1v) is 7.83. The highest BCUT2D eigenvalue weighted by molar-refractivity contribution is 6.42. The van der Waals surface area contributed by atoms with Crippen LogP contribution in [0.15, 0.2) is 30.5 Å². The molecular formula is C18H18FN3O3. The largest absolute Gasteiger partial charge is 0.362 e. The van der Waals surface area contributed by atoms with Crippen molar-refractivity contribution in [3.8, 4) is 0 Å². The number of anilines is 2. The van der Waals surface area contributed by atoms with Crippen LogP contribution in [-0.4, -0.2) is 22.6 Å². The number of aromatic nitrogens is 1. The van der Waals surface area contributed by atoms with Gasteiger partial charge in [-0.3, -0.25) is 19.3 Å². The minimum atomic E-state index is -1.23. The van der Waals surface area contributed by atoms with E-state index in [1.165, 1.54) is 30.5 Å². The van der Waals surface area contributed by atoms with Crippen LogP contribution >= 0.6 is 0 Å². The maximum absolute atomic E-state index is 14.3. The Kier molecular flexibility index (Phi) is 3.94. The van der Waals surface area contributed by atoms with Gasteiger partial charge in [0.15, 0.2) is 5.78 Å². The van der Waals surface area contributed by atoms with Crippen LogP contribution in [0.1, 0.15) is 36.3 Å². The SMILES string of the molecule is CC1(C)CC(=O)c2c(N(C(=O)C(N)=O)c3ccccc3F)c[nH]c2C1. The van der Waals surface area contributed by atoms with Crippen LogP contribution in [0.25, 0.3) is 0 Å². The Bertz CT molecular complexity index is 885. The molecular weight excluding hydrogens is 325 g/mol. The Morgan fingerprint density at radius 2 is 1.88 bits per heavy atom. The van der Waals surface area contributed by atoms with Gasteiger partial charge in [0.2, 0.25) is 0 Å². The van der Waals surface area contributed by atoms with E-state index < -0.39 is 17.6 Å². The summed E-state index contributed by atoms with van der Waals surface area (Å²) in [5.41, 5.74) is 5.89. The number of benzene rings is 1. The standard InChI is InChI=1S/C18H18FN3O3/c1-18(2)7-11-15(14(23)8-18)13(9-21-11)22(17(25)16(20)24)12-6-4-3-5-10(12)19/h3-6,9,21H,7-8H2,1-2H3,(H2,20,24). The number of nitrogens with two attached hydrogens (primary N) is 1. The van der Waals surface area contributed by atoms with Crippen molar-refractivity contribution >= 4 is 29.0 Å². The third-order valence-electron chi connectivity index (χ3n) is 4.26. The zero-order valence-corrected chi connectivity index (χ0v) is 13.9. The van der Waals surface area contributed by atoms with Crippen LogP contribution in [0.2, 0.25) is 0 Å². The fraction of sp³-hybridized carbons (Fsp3) is 0.278. The lowest BCUT2D eigenvalue weighted by atomic mass is 9.76. The zero-order chi connectivity index (χ0) is 18.4. The van der Waals surface area contributed by atoms with Crippen molar-refractivity contribution in [3.05, 3.63) is 47.5 Å². The van der Waals surface area contributed by atoms with Gasteiger partial charge >= 0.3 is 11.8 Å².